The molecule has 0 unspecified atom stereocenters. The first-order valence-corrected chi connectivity index (χ1v) is 10.3. The van der Waals surface area contributed by atoms with Gasteiger partial charge in [0.05, 0.1) is 4.90 Å². The fourth-order valence-electron chi connectivity index (χ4n) is 3.26. The van der Waals surface area contributed by atoms with Gasteiger partial charge >= 0.3 is 5.69 Å². The van der Waals surface area contributed by atoms with Crippen LogP contribution in [0.2, 0.25) is 0 Å². The van der Waals surface area contributed by atoms with Gasteiger partial charge < -0.3 is 0 Å². The Labute approximate surface area is 158 Å². The van der Waals surface area contributed by atoms with Crippen LogP contribution in [0.5, 0.6) is 0 Å². The molecule has 2 heterocycles. The number of sulfonamides is 1. The van der Waals surface area contributed by atoms with Crippen LogP contribution in [0.3, 0.4) is 0 Å². The van der Waals surface area contributed by atoms with Crippen molar-refractivity contribution in [2.75, 3.05) is 13.1 Å². The zero-order valence-corrected chi connectivity index (χ0v) is 16.3. The van der Waals surface area contributed by atoms with E-state index in [0.29, 0.717) is 38.2 Å². The molecule has 0 atom stereocenters. The minimum absolute atomic E-state index is 0.126. The van der Waals surface area contributed by atoms with E-state index in [2.05, 4.69) is 9.62 Å². The van der Waals surface area contributed by atoms with Gasteiger partial charge in [0, 0.05) is 51.5 Å². The van der Waals surface area contributed by atoms with Gasteiger partial charge in [-0.15, -0.1) is 0 Å². The Balaban J connectivity index is 1.62. The van der Waals surface area contributed by atoms with Crippen LogP contribution in [0.4, 0.5) is 0 Å². The van der Waals surface area contributed by atoms with E-state index in [9.17, 15) is 18.0 Å². The molecule has 146 valence electrons. The molecule has 0 bridgehead atoms. The Morgan fingerprint density at radius 1 is 1.04 bits per heavy atom. The maximum atomic E-state index is 12.4. The van der Waals surface area contributed by atoms with Crippen molar-refractivity contribution in [3.63, 3.8) is 0 Å². The average Bonchev–Trinajstić information content (AvgIpc) is 2.66. The molecule has 1 aromatic carbocycles. The van der Waals surface area contributed by atoms with Crippen LogP contribution in [-0.2, 0) is 30.7 Å². The molecule has 27 heavy (non-hydrogen) atoms. The largest absolute Gasteiger partial charge is 0.330 e. The molecule has 1 saturated heterocycles. The molecule has 1 aromatic heterocycles. The zero-order valence-electron chi connectivity index (χ0n) is 15.5. The van der Waals surface area contributed by atoms with Crippen molar-refractivity contribution in [1.29, 1.82) is 0 Å². The lowest BCUT2D eigenvalue weighted by Gasteiger charge is -2.32. The van der Waals surface area contributed by atoms with Crippen LogP contribution >= 0.6 is 0 Å². The van der Waals surface area contributed by atoms with Crippen molar-refractivity contribution < 1.29 is 8.42 Å². The fourth-order valence-corrected chi connectivity index (χ4v) is 4.58. The molecule has 9 heteroatoms. The number of nitrogens with one attached hydrogen (secondary N) is 1. The summed E-state index contributed by atoms with van der Waals surface area (Å²) in [6.07, 6.45) is 1.34. The molecular formula is C18H24N4O4S. The number of aromatic nitrogens is 2. The number of nitrogens with zero attached hydrogens (tertiary/aromatic N) is 3. The van der Waals surface area contributed by atoms with Crippen molar-refractivity contribution in [2.24, 2.45) is 14.1 Å². The van der Waals surface area contributed by atoms with Crippen molar-refractivity contribution >= 4 is 10.0 Å². The van der Waals surface area contributed by atoms with E-state index < -0.39 is 10.0 Å². The van der Waals surface area contributed by atoms with Crippen molar-refractivity contribution in [2.45, 2.75) is 30.3 Å². The number of rotatable bonds is 5. The summed E-state index contributed by atoms with van der Waals surface area (Å²) in [6, 6.07) is 9.69. The maximum absolute atomic E-state index is 12.4. The summed E-state index contributed by atoms with van der Waals surface area (Å²) >= 11 is 0. The fraction of sp³-hybridized carbons (Fsp3) is 0.444. The van der Waals surface area contributed by atoms with Crippen LogP contribution in [0.1, 0.15) is 18.5 Å². The highest BCUT2D eigenvalue weighted by atomic mass is 32.2. The lowest BCUT2D eigenvalue weighted by molar-refractivity contribution is 0.195. The van der Waals surface area contributed by atoms with Gasteiger partial charge in [0.1, 0.15) is 0 Å². The van der Waals surface area contributed by atoms with E-state index in [-0.39, 0.29) is 22.2 Å². The van der Waals surface area contributed by atoms with Gasteiger partial charge in [-0.1, -0.05) is 18.2 Å². The summed E-state index contributed by atoms with van der Waals surface area (Å²) in [7, 11) is -0.409. The third kappa shape index (κ3) is 4.37. The summed E-state index contributed by atoms with van der Waals surface area (Å²) in [4.78, 5) is 26.3. The first kappa shape index (κ1) is 19.5. The summed E-state index contributed by atoms with van der Waals surface area (Å²) in [5, 5.41) is 0. The Bertz CT molecular complexity index is 1020. The molecule has 0 radical (unpaired) electrons. The van der Waals surface area contributed by atoms with Gasteiger partial charge in [0.2, 0.25) is 10.0 Å². The van der Waals surface area contributed by atoms with Crippen LogP contribution in [-0.4, -0.2) is 41.6 Å². The van der Waals surface area contributed by atoms with Crippen molar-refractivity contribution in [3.8, 4) is 0 Å². The summed E-state index contributed by atoms with van der Waals surface area (Å²) < 4.78 is 30.2. The highest BCUT2D eigenvalue weighted by molar-refractivity contribution is 7.89. The molecule has 0 amide bonds. The van der Waals surface area contributed by atoms with Crippen molar-refractivity contribution in [3.05, 3.63) is 62.9 Å². The SMILES string of the molecule is Cn1c(CN2CCC(NS(=O)(=O)c3ccccc3)CC2)cc(=O)n(C)c1=O. The molecule has 1 aliphatic heterocycles. The molecule has 8 nitrogen and oxygen atoms in total. The molecule has 3 rings (SSSR count). The predicted octanol–water partition coefficient (Wildman–Crippen LogP) is 0.0269. The van der Waals surface area contributed by atoms with E-state index in [0.717, 1.165) is 4.57 Å². The van der Waals surface area contributed by atoms with Crippen LogP contribution < -0.4 is 16.0 Å². The molecule has 1 aliphatic rings. The minimum atomic E-state index is -3.52. The number of hydrogen-bond donors (Lipinski definition) is 1. The van der Waals surface area contributed by atoms with Crippen LogP contribution in [0, 0.1) is 0 Å². The highest BCUT2D eigenvalue weighted by Crippen LogP contribution is 2.16. The smallest absolute Gasteiger partial charge is 0.299 e. The summed E-state index contributed by atoms with van der Waals surface area (Å²) in [5.41, 5.74) is -0.00645. The minimum Gasteiger partial charge on any atom is -0.299 e. The third-order valence-corrected chi connectivity index (χ3v) is 6.51. The van der Waals surface area contributed by atoms with E-state index in [1.165, 1.54) is 17.7 Å². The molecule has 1 N–H and O–H groups in total. The van der Waals surface area contributed by atoms with Gasteiger partial charge in [-0.05, 0) is 25.0 Å². The quantitative estimate of drug-likeness (QED) is 0.775. The summed E-state index contributed by atoms with van der Waals surface area (Å²) in [6.45, 7) is 1.86. The van der Waals surface area contributed by atoms with Crippen molar-refractivity contribution in [1.82, 2.24) is 18.8 Å². The van der Waals surface area contributed by atoms with Crippen LogP contribution in [0.25, 0.3) is 0 Å². The van der Waals surface area contributed by atoms with E-state index in [4.69, 9.17) is 0 Å². The van der Waals surface area contributed by atoms with E-state index in [1.54, 1.807) is 37.4 Å². The van der Waals surface area contributed by atoms with Gasteiger partial charge in [-0.3, -0.25) is 18.8 Å². The second kappa shape index (κ2) is 7.79. The Morgan fingerprint density at radius 3 is 2.30 bits per heavy atom. The first-order valence-electron chi connectivity index (χ1n) is 8.83. The average molecular weight is 392 g/mol. The summed E-state index contributed by atoms with van der Waals surface area (Å²) in [5.74, 6) is 0. The second-order valence-corrected chi connectivity index (χ2v) is 8.57. The number of benzene rings is 1. The molecule has 0 aliphatic carbocycles. The van der Waals surface area contributed by atoms with E-state index >= 15 is 0 Å². The highest BCUT2D eigenvalue weighted by Gasteiger charge is 2.25. The zero-order chi connectivity index (χ0) is 19.6. The van der Waals surface area contributed by atoms with Gasteiger partial charge in [0.25, 0.3) is 5.56 Å². The lowest BCUT2D eigenvalue weighted by atomic mass is 10.1. The normalized spacial score (nSPS) is 16.5. The van der Waals surface area contributed by atoms with Crippen LogP contribution in [0.15, 0.2) is 50.9 Å². The Hall–Kier alpha value is -2.23. The topological polar surface area (TPSA) is 93.4 Å². The standard InChI is InChI=1S/C18H24N4O4S/c1-20-15(12-17(23)21(2)18(20)24)13-22-10-8-14(9-11-22)19-27(25,26)16-6-4-3-5-7-16/h3-7,12,14,19H,8-11,13H2,1-2H3. The first-order chi connectivity index (χ1) is 12.8. The predicted molar refractivity (Wildman–Crippen MR) is 102 cm³/mol. The maximum Gasteiger partial charge on any atom is 0.330 e. The second-order valence-electron chi connectivity index (χ2n) is 6.86. The molecule has 1 fully saturated rings. The molecular weight excluding hydrogens is 368 g/mol. The van der Waals surface area contributed by atoms with Gasteiger partial charge in [-0.25, -0.2) is 17.9 Å². The molecule has 0 saturated carbocycles. The van der Waals surface area contributed by atoms with Gasteiger partial charge in [0.15, 0.2) is 0 Å². The Morgan fingerprint density at radius 2 is 1.67 bits per heavy atom. The number of piperidine rings is 1. The lowest BCUT2D eigenvalue weighted by Crippen LogP contribution is -2.45. The third-order valence-electron chi connectivity index (χ3n) is 4.97. The molecule has 0 spiro atoms. The number of hydrogen-bond acceptors (Lipinski definition) is 5. The molecule has 2 aromatic rings. The van der Waals surface area contributed by atoms with Gasteiger partial charge in [-0.2, -0.15) is 0 Å². The number of likely N-dealkylation sites (tertiary alicyclic amines) is 1. The van der Waals surface area contributed by atoms with E-state index in [1.807, 2.05) is 0 Å². The Kier molecular flexibility index (Phi) is 5.64. The monoisotopic (exact) mass is 392 g/mol.